The summed E-state index contributed by atoms with van der Waals surface area (Å²) in [6.07, 6.45) is 12.8. The largest absolute Gasteiger partial charge is 0.449 e. The van der Waals surface area contributed by atoms with Gasteiger partial charge in [0, 0.05) is 24.9 Å². The zero-order valence-electron chi connectivity index (χ0n) is 25.3. The molecule has 5 N–H and O–H groups in total. The van der Waals surface area contributed by atoms with Gasteiger partial charge in [0.1, 0.15) is 5.75 Å². The minimum absolute atomic E-state index is 0.0429. The monoisotopic (exact) mass is 545 g/mol. The summed E-state index contributed by atoms with van der Waals surface area (Å²) in [5.41, 5.74) is 1.30. The Morgan fingerprint density at radius 1 is 1.03 bits per heavy atom. The molecule has 6 atom stereocenters. The summed E-state index contributed by atoms with van der Waals surface area (Å²) in [6.45, 7) is 12.6. The standard InChI is InChI=1S/C31H55N5O3/c1-7-9-10-11-12-13-14-15-27-16-18-28(19-17-27)39-31(38,8-2)36-26(6)35-25(5)34-24(4)29-22-33-30(37)23(3)20-21-32-29/h16-19,21,23-26,29,34-36,38H,7-15,20,22H2,1-6H3,(H,33,37). The second kappa shape index (κ2) is 17.6. The normalized spacial score (nSPS) is 21.8. The fourth-order valence-electron chi connectivity index (χ4n) is 4.92. The van der Waals surface area contributed by atoms with E-state index in [1.54, 1.807) is 0 Å². The van der Waals surface area contributed by atoms with Gasteiger partial charge in [0.25, 0.3) is 5.91 Å². The van der Waals surface area contributed by atoms with E-state index < -0.39 is 5.91 Å². The Morgan fingerprint density at radius 3 is 2.36 bits per heavy atom. The highest BCUT2D eigenvalue weighted by Gasteiger charge is 2.30. The van der Waals surface area contributed by atoms with Crippen LogP contribution in [-0.4, -0.2) is 54.1 Å². The molecule has 222 valence electrons. The molecule has 1 aromatic carbocycles. The van der Waals surface area contributed by atoms with Crippen LogP contribution in [0.2, 0.25) is 0 Å². The van der Waals surface area contributed by atoms with Crippen molar-refractivity contribution in [2.75, 3.05) is 6.54 Å². The molecule has 0 radical (unpaired) electrons. The molecule has 1 aromatic rings. The van der Waals surface area contributed by atoms with Crippen molar-refractivity contribution < 1.29 is 14.6 Å². The number of hydrogen-bond donors (Lipinski definition) is 5. The lowest BCUT2D eigenvalue weighted by Crippen LogP contribution is -2.61. The number of benzene rings is 1. The number of nitrogens with zero attached hydrogens (tertiary/aromatic N) is 1. The summed E-state index contributed by atoms with van der Waals surface area (Å²) in [7, 11) is 0. The van der Waals surface area contributed by atoms with E-state index in [4.69, 9.17) is 4.74 Å². The van der Waals surface area contributed by atoms with E-state index in [0.29, 0.717) is 25.1 Å². The fraction of sp³-hybridized carbons (Fsp3) is 0.742. The average Bonchev–Trinajstić information content (AvgIpc) is 2.89. The molecule has 1 heterocycles. The van der Waals surface area contributed by atoms with Crippen LogP contribution in [0.1, 0.15) is 105 Å². The van der Waals surface area contributed by atoms with E-state index in [1.165, 1.54) is 50.5 Å². The third kappa shape index (κ3) is 12.8. The highest BCUT2D eigenvalue weighted by molar-refractivity contribution is 5.81. The predicted molar refractivity (Wildman–Crippen MR) is 161 cm³/mol. The Bertz CT molecular complexity index is 849. The van der Waals surface area contributed by atoms with Gasteiger partial charge in [-0.15, -0.1) is 0 Å². The summed E-state index contributed by atoms with van der Waals surface area (Å²) in [4.78, 5) is 16.7. The third-order valence-electron chi connectivity index (χ3n) is 7.48. The molecule has 0 spiro atoms. The molecule has 1 aliphatic rings. The smallest absolute Gasteiger partial charge is 0.268 e. The van der Waals surface area contributed by atoms with Gasteiger partial charge in [0.05, 0.1) is 18.4 Å². The first-order valence-electron chi connectivity index (χ1n) is 15.2. The van der Waals surface area contributed by atoms with Gasteiger partial charge >= 0.3 is 0 Å². The van der Waals surface area contributed by atoms with E-state index in [1.807, 2.05) is 46.0 Å². The van der Waals surface area contributed by atoms with E-state index >= 15 is 0 Å². The Balaban J connectivity index is 1.77. The summed E-state index contributed by atoms with van der Waals surface area (Å²) in [6, 6.07) is 8.08. The molecule has 0 saturated heterocycles. The number of carbonyl (C=O) groups excluding carboxylic acids is 1. The van der Waals surface area contributed by atoms with Crippen LogP contribution >= 0.6 is 0 Å². The van der Waals surface area contributed by atoms with Crippen molar-refractivity contribution in [3.8, 4) is 5.75 Å². The summed E-state index contributed by atoms with van der Waals surface area (Å²) >= 11 is 0. The van der Waals surface area contributed by atoms with Crippen LogP contribution in [0.5, 0.6) is 5.75 Å². The van der Waals surface area contributed by atoms with E-state index in [-0.39, 0.29) is 36.2 Å². The molecule has 0 aromatic heterocycles. The first-order chi connectivity index (χ1) is 18.7. The van der Waals surface area contributed by atoms with Gasteiger partial charge in [-0.1, -0.05) is 71.4 Å². The number of ether oxygens (including phenoxy) is 1. The fourth-order valence-corrected chi connectivity index (χ4v) is 4.92. The van der Waals surface area contributed by atoms with Crippen LogP contribution in [0.3, 0.4) is 0 Å². The molecule has 2 rings (SSSR count). The van der Waals surface area contributed by atoms with Crippen molar-refractivity contribution in [1.82, 2.24) is 21.3 Å². The molecule has 1 aliphatic heterocycles. The molecule has 8 heteroatoms. The molecule has 1 amide bonds. The van der Waals surface area contributed by atoms with Crippen molar-refractivity contribution in [3.05, 3.63) is 29.8 Å². The molecule has 0 saturated carbocycles. The lowest BCUT2D eigenvalue weighted by atomic mass is 10.0. The van der Waals surface area contributed by atoms with E-state index in [0.717, 1.165) is 6.42 Å². The second-order valence-electron chi connectivity index (χ2n) is 11.2. The van der Waals surface area contributed by atoms with Gasteiger partial charge in [-0.2, -0.15) is 0 Å². The van der Waals surface area contributed by atoms with Crippen LogP contribution in [0.25, 0.3) is 0 Å². The lowest BCUT2D eigenvalue weighted by Gasteiger charge is -2.34. The predicted octanol–water partition coefficient (Wildman–Crippen LogP) is 4.86. The maximum absolute atomic E-state index is 12.1. The van der Waals surface area contributed by atoms with Crippen LogP contribution in [-0.2, 0) is 11.2 Å². The van der Waals surface area contributed by atoms with Crippen molar-refractivity contribution in [3.63, 3.8) is 0 Å². The quantitative estimate of drug-likeness (QED) is 0.133. The van der Waals surface area contributed by atoms with Gasteiger partial charge < -0.3 is 15.2 Å². The number of amides is 1. The molecule has 0 bridgehead atoms. The molecule has 0 fully saturated rings. The molecular formula is C31H55N5O3. The Kier molecular flexibility index (Phi) is 15.0. The second-order valence-corrected chi connectivity index (χ2v) is 11.2. The molecule has 6 unspecified atom stereocenters. The SMILES string of the molecule is CCCCCCCCCc1ccc(OC(O)(CC)NC(C)NC(C)NC(C)C2CNC(=O)C(C)CC=N2)cc1. The summed E-state index contributed by atoms with van der Waals surface area (Å²) < 4.78 is 5.98. The maximum Gasteiger partial charge on any atom is 0.268 e. The first kappa shape index (κ1) is 33.2. The highest BCUT2D eigenvalue weighted by Crippen LogP contribution is 2.20. The number of carbonyl (C=O) groups is 1. The van der Waals surface area contributed by atoms with Crippen molar-refractivity contribution in [2.45, 2.75) is 136 Å². The van der Waals surface area contributed by atoms with Gasteiger partial charge in [0.15, 0.2) is 0 Å². The van der Waals surface area contributed by atoms with E-state index in [9.17, 15) is 9.90 Å². The zero-order valence-corrected chi connectivity index (χ0v) is 25.3. The average molecular weight is 546 g/mol. The Hall–Kier alpha value is -2.00. The number of hydrogen-bond acceptors (Lipinski definition) is 7. The van der Waals surface area contributed by atoms with Crippen LogP contribution in [0.4, 0.5) is 0 Å². The third-order valence-corrected chi connectivity index (χ3v) is 7.48. The first-order valence-corrected chi connectivity index (χ1v) is 15.2. The van der Waals surface area contributed by atoms with Gasteiger partial charge in [0.2, 0.25) is 5.91 Å². The maximum atomic E-state index is 12.1. The highest BCUT2D eigenvalue weighted by atomic mass is 16.6. The number of aryl methyl sites for hydroxylation is 1. The molecular weight excluding hydrogens is 490 g/mol. The van der Waals surface area contributed by atoms with Gasteiger partial charge in [-0.3, -0.25) is 20.4 Å². The Labute approximate surface area is 237 Å². The van der Waals surface area contributed by atoms with Crippen LogP contribution in [0, 0.1) is 5.92 Å². The minimum Gasteiger partial charge on any atom is -0.449 e. The number of aliphatic imine (C=N–C) groups is 1. The summed E-state index contributed by atoms with van der Waals surface area (Å²) in [5, 5.41) is 24.2. The van der Waals surface area contributed by atoms with Crippen molar-refractivity contribution in [2.24, 2.45) is 10.9 Å². The Morgan fingerprint density at radius 2 is 1.69 bits per heavy atom. The van der Waals surface area contributed by atoms with Gasteiger partial charge in [-0.05, 0) is 63.9 Å². The molecule has 8 nitrogen and oxygen atoms in total. The van der Waals surface area contributed by atoms with E-state index in [2.05, 4.69) is 52.2 Å². The number of rotatable bonds is 18. The molecule has 0 aliphatic carbocycles. The van der Waals surface area contributed by atoms with Crippen LogP contribution < -0.4 is 26.0 Å². The van der Waals surface area contributed by atoms with Crippen LogP contribution in [0.15, 0.2) is 29.3 Å². The molecule has 39 heavy (non-hydrogen) atoms. The number of unbranched alkanes of at least 4 members (excludes halogenated alkanes) is 6. The zero-order chi connectivity index (χ0) is 28.7. The van der Waals surface area contributed by atoms with Crippen molar-refractivity contribution >= 4 is 12.1 Å². The summed E-state index contributed by atoms with van der Waals surface area (Å²) in [5.74, 6) is -0.828. The topological polar surface area (TPSA) is 107 Å². The van der Waals surface area contributed by atoms with Gasteiger partial charge in [-0.25, -0.2) is 5.32 Å². The number of nitrogens with one attached hydrogen (secondary N) is 4. The lowest BCUT2D eigenvalue weighted by molar-refractivity contribution is -0.172. The van der Waals surface area contributed by atoms with Crippen molar-refractivity contribution in [1.29, 1.82) is 0 Å². The minimum atomic E-state index is -1.50. The number of aliphatic hydroxyl groups is 1.